The fourth-order valence-electron chi connectivity index (χ4n) is 4.14. The SMILES string of the molecule is Cc1ccc(N=NC(=O)N=NCc2cccc3c2C(=O)N(C2CCC(=O)NC2=O)C(C)N3)cc1C. The summed E-state index contributed by atoms with van der Waals surface area (Å²) in [7, 11) is 0. The zero-order valence-electron chi connectivity index (χ0n) is 19.6. The molecule has 11 nitrogen and oxygen atoms in total. The van der Waals surface area contributed by atoms with E-state index in [9.17, 15) is 19.2 Å². The largest absolute Gasteiger partial charge is 0.403 e. The third-order valence-electron chi connectivity index (χ3n) is 6.07. The number of rotatable bonds is 4. The Balaban J connectivity index is 1.49. The lowest BCUT2D eigenvalue weighted by atomic mass is 9.97. The fraction of sp³-hybridized carbons (Fsp3) is 0.333. The number of imide groups is 1. The van der Waals surface area contributed by atoms with Crippen LogP contribution in [-0.4, -0.2) is 40.9 Å². The number of aryl methyl sites for hydroxylation is 2. The van der Waals surface area contributed by atoms with Crippen molar-refractivity contribution in [3.05, 3.63) is 58.7 Å². The minimum Gasteiger partial charge on any atom is -0.365 e. The minimum absolute atomic E-state index is 0.0426. The first-order valence-corrected chi connectivity index (χ1v) is 11.2. The molecule has 5 amide bonds. The van der Waals surface area contributed by atoms with Crippen LogP contribution < -0.4 is 10.6 Å². The monoisotopic (exact) mass is 475 g/mol. The third kappa shape index (κ3) is 5.13. The Morgan fingerprint density at radius 3 is 2.63 bits per heavy atom. The summed E-state index contributed by atoms with van der Waals surface area (Å²) in [5, 5.41) is 20.4. The molecule has 35 heavy (non-hydrogen) atoms. The number of anilines is 1. The number of nitrogens with zero attached hydrogens (tertiary/aromatic N) is 5. The molecule has 0 aromatic heterocycles. The number of hydrogen-bond acceptors (Lipinski definition) is 7. The van der Waals surface area contributed by atoms with E-state index < -0.39 is 24.1 Å². The molecular weight excluding hydrogens is 450 g/mol. The van der Waals surface area contributed by atoms with Crippen LogP contribution in [0.4, 0.5) is 16.2 Å². The number of hydrogen-bond donors (Lipinski definition) is 2. The predicted octanol–water partition coefficient (Wildman–Crippen LogP) is 4.18. The van der Waals surface area contributed by atoms with E-state index >= 15 is 0 Å². The van der Waals surface area contributed by atoms with Crippen molar-refractivity contribution >= 4 is 35.1 Å². The zero-order valence-corrected chi connectivity index (χ0v) is 19.6. The lowest BCUT2D eigenvalue weighted by molar-refractivity contribution is -0.137. The average molecular weight is 476 g/mol. The van der Waals surface area contributed by atoms with E-state index in [0.29, 0.717) is 22.5 Å². The second kappa shape index (κ2) is 9.92. The molecule has 2 aromatic rings. The van der Waals surface area contributed by atoms with Gasteiger partial charge in [-0.05, 0) is 62.1 Å². The molecule has 0 aliphatic carbocycles. The summed E-state index contributed by atoms with van der Waals surface area (Å²) in [4.78, 5) is 50.8. The Hall–Kier alpha value is -4.28. The van der Waals surface area contributed by atoms with Gasteiger partial charge in [-0.2, -0.15) is 5.11 Å². The molecule has 2 unspecified atom stereocenters. The Bertz CT molecular complexity index is 1270. The average Bonchev–Trinajstić information content (AvgIpc) is 2.81. The molecule has 2 heterocycles. The smallest absolute Gasteiger partial charge is 0.365 e. The highest BCUT2D eigenvalue weighted by molar-refractivity contribution is 6.07. The molecule has 2 N–H and O–H groups in total. The topological polar surface area (TPSA) is 145 Å². The molecule has 4 rings (SSSR count). The normalized spacial score (nSPS) is 20.2. The van der Waals surface area contributed by atoms with E-state index in [1.807, 2.05) is 26.0 Å². The van der Waals surface area contributed by atoms with Crippen molar-refractivity contribution in [2.45, 2.75) is 52.4 Å². The van der Waals surface area contributed by atoms with Crippen molar-refractivity contribution in [1.29, 1.82) is 0 Å². The van der Waals surface area contributed by atoms with Crippen LogP contribution in [0.1, 0.15) is 46.8 Å². The van der Waals surface area contributed by atoms with Gasteiger partial charge in [0.05, 0.1) is 24.0 Å². The Kier molecular flexibility index (Phi) is 6.76. The summed E-state index contributed by atoms with van der Waals surface area (Å²) in [6, 6.07) is 9.05. The quantitative estimate of drug-likeness (QED) is 0.503. The summed E-state index contributed by atoms with van der Waals surface area (Å²) in [6.07, 6.45) is -0.0445. The number of nitrogens with one attached hydrogen (secondary N) is 2. The van der Waals surface area contributed by atoms with Crippen LogP contribution in [0.2, 0.25) is 0 Å². The summed E-state index contributed by atoms with van der Waals surface area (Å²) in [6.45, 7) is 5.65. The van der Waals surface area contributed by atoms with Gasteiger partial charge in [-0.3, -0.25) is 19.7 Å². The van der Waals surface area contributed by atoms with Crippen LogP contribution in [0.3, 0.4) is 0 Å². The highest BCUT2D eigenvalue weighted by atomic mass is 16.2. The van der Waals surface area contributed by atoms with E-state index in [4.69, 9.17) is 0 Å². The Labute approximate surface area is 201 Å². The van der Waals surface area contributed by atoms with Gasteiger partial charge in [0.25, 0.3) is 5.91 Å². The molecule has 0 bridgehead atoms. The first kappa shape index (κ1) is 23.9. The molecular formula is C24H25N7O4. The maximum atomic E-state index is 13.4. The molecule has 0 spiro atoms. The highest BCUT2D eigenvalue weighted by Gasteiger charge is 2.41. The van der Waals surface area contributed by atoms with Gasteiger partial charge in [0.1, 0.15) is 6.04 Å². The van der Waals surface area contributed by atoms with E-state index in [1.54, 1.807) is 31.2 Å². The number of carbonyl (C=O) groups excluding carboxylic acids is 4. The summed E-state index contributed by atoms with van der Waals surface area (Å²) in [5.41, 5.74) is 4.15. The van der Waals surface area contributed by atoms with Crippen molar-refractivity contribution in [3.8, 4) is 0 Å². The molecule has 11 heteroatoms. The van der Waals surface area contributed by atoms with Crippen molar-refractivity contribution in [3.63, 3.8) is 0 Å². The van der Waals surface area contributed by atoms with Gasteiger partial charge in [-0.15, -0.1) is 5.11 Å². The summed E-state index contributed by atoms with van der Waals surface area (Å²) in [5.74, 6) is -1.20. The molecule has 1 fully saturated rings. The van der Waals surface area contributed by atoms with Gasteiger partial charge in [0, 0.05) is 12.1 Å². The van der Waals surface area contributed by atoms with Crippen LogP contribution in [0, 0.1) is 13.8 Å². The molecule has 2 aliphatic heterocycles. The molecule has 1 saturated heterocycles. The van der Waals surface area contributed by atoms with Gasteiger partial charge in [0.15, 0.2) is 0 Å². The maximum Gasteiger partial charge on any atom is 0.403 e. The molecule has 0 radical (unpaired) electrons. The Morgan fingerprint density at radius 2 is 1.89 bits per heavy atom. The number of fused-ring (bicyclic) bond motifs is 1. The molecule has 0 saturated carbocycles. The first-order chi connectivity index (χ1) is 16.7. The molecule has 180 valence electrons. The van der Waals surface area contributed by atoms with Gasteiger partial charge < -0.3 is 10.2 Å². The van der Waals surface area contributed by atoms with Crippen LogP contribution in [0.15, 0.2) is 56.9 Å². The van der Waals surface area contributed by atoms with Crippen molar-refractivity contribution < 1.29 is 19.2 Å². The van der Waals surface area contributed by atoms with E-state index in [1.165, 1.54) is 4.90 Å². The lowest BCUT2D eigenvalue weighted by Gasteiger charge is -2.41. The van der Waals surface area contributed by atoms with Crippen LogP contribution >= 0.6 is 0 Å². The number of urea groups is 1. The van der Waals surface area contributed by atoms with E-state index in [-0.39, 0.29) is 31.2 Å². The van der Waals surface area contributed by atoms with Crippen molar-refractivity contribution in [1.82, 2.24) is 10.2 Å². The van der Waals surface area contributed by atoms with Crippen molar-refractivity contribution in [2.24, 2.45) is 20.5 Å². The van der Waals surface area contributed by atoms with Crippen LogP contribution in [0.5, 0.6) is 0 Å². The predicted molar refractivity (Wildman–Crippen MR) is 126 cm³/mol. The second-order valence-corrected chi connectivity index (χ2v) is 8.49. The highest BCUT2D eigenvalue weighted by Crippen LogP contribution is 2.31. The molecule has 2 atom stereocenters. The van der Waals surface area contributed by atoms with Gasteiger partial charge in [0.2, 0.25) is 11.8 Å². The van der Waals surface area contributed by atoms with Crippen LogP contribution in [0.25, 0.3) is 0 Å². The number of benzene rings is 2. The first-order valence-electron chi connectivity index (χ1n) is 11.2. The van der Waals surface area contributed by atoms with Gasteiger partial charge in [-0.25, -0.2) is 4.79 Å². The second-order valence-electron chi connectivity index (χ2n) is 8.49. The van der Waals surface area contributed by atoms with E-state index in [2.05, 4.69) is 31.1 Å². The summed E-state index contributed by atoms with van der Waals surface area (Å²) >= 11 is 0. The summed E-state index contributed by atoms with van der Waals surface area (Å²) < 4.78 is 0. The standard InChI is InChI=1S/C24H25N7O4/c1-13-7-8-17(11-14(13)2)28-30-24(35)29-25-12-16-5-4-6-18-21(16)23(34)31(15(3)26-18)19-9-10-20(32)27-22(19)33/h4-8,11,15,19,26H,9-10,12H2,1-3H3,(H,27,32,33). The maximum absolute atomic E-state index is 13.4. The molecule has 2 aliphatic rings. The minimum atomic E-state index is -0.865. The number of carbonyl (C=O) groups is 4. The Morgan fingerprint density at radius 1 is 1.09 bits per heavy atom. The number of piperidine rings is 1. The number of azo groups is 2. The lowest BCUT2D eigenvalue weighted by Crippen LogP contribution is -2.60. The van der Waals surface area contributed by atoms with Crippen molar-refractivity contribution in [2.75, 3.05) is 5.32 Å². The number of amides is 5. The fourth-order valence-corrected chi connectivity index (χ4v) is 4.14. The zero-order chi connectivity index (χ0) is 25.1. The molecule has 2 aromatic carbocycles. The van der Waals surface area contributed by atoms with E-state index in [0.717, 1.165) is 11.1 Å². The third-order valence-corrected chi connectivity index (χ3v) is 6.07. The van der Waals surface area contributed by atoms with Gasteiger partial charge >= 0.3 is 6.03 Å². The van der Waals surface area contributed by atoms with Crippen LogP contribution in [-0.2, 0) is 16.1 Å². The van der Waals surface area contributed by atoms with Gasteiger partial charge in [-0.1, -0.05) is 28.4 Å².